The molecule has 2 heterocycles. The Balaban J connectivity index is 1.81. The van der Waals surface area contributed by atoms with Crippen LogP contribution in [0.1, 0.15) is 6.42 Å². The highest BCUT2D eigenvalue weighted by atomic mass is 16.2. The van der Waals surface area contributed by atoms with E-state index in [0.717, 1.165) is 30.5 Å². The lowest BCUT2D eigenvalue weighted by molar-refractivity contribution is -0.130. The van der Waals surface area contributed by atoms with Gasteiger partial charge in [0.2, 0.25) is 5.91 Å². The molecular formula is C20H21N3O2. The van der Waals surface area contributed by atoms with Crippen LogP contribution in [0.3, 0.4) is 0 Å². The van der Waals surface area contributed by atoms with Crippen LogP contribution in [0.2, 0.25) is 0 Å². The second kappa shape index (κ2) is 6.33. The van der Waals surface area contributed by atoms with E-state index in [2.05, 4.69) is 5.32 Å². The van der Waals surface area contributed by atoms with Crippen molar-refractivity contribution in [2.24, 2.45) is 0 Å². The third-order valence-corrected chi connectivity index (χ3v) is 5.12. The molecule has 5 heteroatoms. The van der Waals surface area contributed by atoms with Gasteiger partial charge in [0.1, 0.15) is 6.54 Å². The highest BCUT2D eigenvalue weighted by Gasteiger charge is 2.25. The van der Waals surface area contributed by atoms with Crippen LogP contribution < -0.4 is 10.7 Å². The summed E-state index contributed by atoms with van der Waals surface area (Å²) in [4.78, 5) is 27.5. The van der Waals surface area contributed by atoms with E-state index in [4.69, 9.17) is 0 Å². The molecule has 3 aromatic rings. The van der Waals surface area contributed by atoms with Crippen molar-refractivity contribution in [3.63, 3.8) is 0 Å². The lowest BCUT2D eigenvalue weighted by Crippen LogP contribution is -2.35. The SMILES string of the molecule is CN[C@@H]1CCN(C(=O)Cn2c3ccccc3c(=O)c3ccccc32)C1. The second-order valence-corrected chi connectivity index (χ2v) is 6.56. The number of carbonyl (C=O) groups excluding carboxylic acids is 1. The molecule has 0 spiro atoms. The number of hydrogen-bond acceptors (Lipinski definition) is 3. The summed E-state index contributed by atoms with van der Waals surface area (Å²) in [6, 6.07) is 15.4. The van der Waals surface area contributed by atoms with Crippen molar-refractivity contribution in [3.05, 3.63) is 58.8 Å². The van der Waals surface area contributed by atoms with Crippen molar-refractivity contribution in [2.75, 3.05) is 20.1 Å². The summed E-state index contributed by atoms with van der Waals surface area (Å²) in [7, 11) is 1.93. The number of likely N-dealkylation sites (N-methyl/N-ethyl adjacent to an activating group) is 1. The van der Waals surface area contributed by atoms with E-state index < -0.39 is 0 Å². The maximum atomic E-state index is 12.8. The molecule has 0 bridgehead atoms. The molecule has 25 heavy (non-hydrogen) atoms. The van der Waals surface area contributed by atoms with Crippen molar-refractivity contribution in [1.82, 2.24) is 14.8 Å². The minimum Gasteiger partial charge on any atom is -0.340 e. The van der Waals surface area contributed by atoms with Gasteiger partial charge < -0.3 is 14.8 Å². The Morgan fingerprint density at radius 1 is 1.08 bits per heavy atom. The highest BCUT2D eigenvalue weighted by molar-refractivity contribution is 5.94. The first-order valence-corrected chi connectivity index (χ1v) is 8.64. The maximum absolute atomic E-state index is 12.8. The number of amides is 1. The number of carbonyl (C=O) groups is 1. The van der Waals surface area contributed by atoms with Crippen molar-refractivity contribution in [1.29, 1.82) is 0 Å². The number of rotatable bonds is 3. The zero-order chi connectivity index (χ0) is 17.4. The minimum absolute atomic E-state index is 0.0197. The molecule has 0 radical (unpaired) electrons. The summed E-state index contributed by atoms with van der Waals surface area (Å²) in [5.41, 5.74) is 1.64. The molecule has 0 unspecified atom stereocenters. The Bertz CT molecular complexity index is 949. The monoisotopic (exact) mass is 335 g/mol. The fourth-order valence-electron chi connectivity index (χ4n) is 3.70. The third-order valence-electron chi connectivity index (χ3n) is 5.12. The lowest BCUT2D eigenvalue weighted by Gasteiger charge is -2.20. The van der Waals surface area contributed by atoms with E-state index >= 15 is 0 Å². The lowest BCUT2D eigenvalue weighted by atomic mass is 10.1. The van der Waals surface area contributed by atoms with Gasteiger partial charge in [-0.25, -0.2) is 0 Å². The molecule has 1 aliphatic rings. The number of likely N-dealkylation sites (tertiary alicyclic amines) is 1. The Morgan fingerprint density at radius 2 is 1.68 bits per heavy atom. The van der Waals surface area contributed by atoms with Gasteiger partial charge in [0.15, 0.2) is 5.43 Å². The molecule has 128 valence electrons. The van der Waals surface area contributed by atoms with Crippen molar-refractivity contribution < 1.29 is 4.79 Å². The number of fused-ring (bicyclic) bond motifs is 2. The summed E-state index contributed by atoms with van der Waals surface area (Å²) in [5, 5.41) is 4.55. The average Bonchev–Trinajstić information content (AvgIpc) is 3.14. The Hall–Kier alpha value is -2.66. The zero-order valence-corrected chi connectivity index (χ0v) is 14.2. The number of hydrogen-bond donors (Lipinski definition) is 1. The first-order valence-electron chi connectivity index (χ1n) is 8.64. The molecule has 1 fully saturated rings. The minimum atomic E-state index is 0.0197. The van der Waals surface area contributed by atoms with Gasteiger partial charge in [-0.1, -0.05) is 24.3 Å². The molecule has 0 aliphatic carbocycles. The van der Waals surface area contributed by atoms with Crippen LogP contribution in [0.5, 0.6) is 0 Å². The summed E-state index contributed by atoms with van der Waals surface area (Å²) < 4.78 is 1.97. The predicted octanol–water partition coefficient (Wildman–Crippen LogP) is 1.97. The van der Waals surface area contributed by atoms with E-state index in [0.29, 0.717) is 16.8 Å². The highest BCUT2D eigenvalue weighted by Crippen LogP contribution is 2.20. The molecule has 1 aliphatic heterocycles. The average molecular weight is 335 g/mol. The van der Waals surface area contributed by atoms with Crippen LogP contribution >= 0.6 is 0 Å². The van der Waals surface area contributed by atoms with E-state index in [1.165, 1.54) is 0 Å². The van der Waals surface area contributed by atoms with Crippen LogP contribution in [0.4, 0.5) is 0 Å². The van der Waals surface area contributed by atoms with Gasteiger partial charge in [-0.2, -0.15) is 0 Å². The van der Waals surface area contributed by atoms with Crippen LogP contribution in [0, 0.1) is 0 Å². The van der Waals surface area contributed by atoms with Gasteiger partial charge >= 0.3 is 0 Å². The second-order valence-electron chi connectivity index (χ2n) is 6.56. The van der Waals surface area contributed by atoms with Crippen LogP contribution in [0.25, 0.3) is 21.8 Å². The number of para-hydroxylation sites is 2. The van der Waals surface area contributed by atoms with Crippen LogP contribution in [-0.2, 0) is 11.3 Å². The molecule has 4 rings (SSSR count). The largest absolute Gasteiger partial charge is 0.340 e. The fourth-order valence-corrected chi connectivity index (χ4v) is 3.70. The molecule has 2 aromatic carbocycles. The first kappa shape index (κ1) is 15.8. The van der Waals surface area contributed by atoms with Gasteiger partial charge in [-0.3, -0.25) is 9.59 Å². The van der Waals surface area contributed by atoms with Gasteiger partial charge in [0.25, 0.3) is 0 Å². The van der Waals surface area contributed by atoms with Crippen molar-refractivity contribution in [2.45, 2.75) is 19.0 Å². The number of aromatic nitrogens is 1. The first-order chi connectivity index (χ1) is 12.2. The summed E-state index contributed by atoms with van der Waals surface area (Å²) in [5.74, 6) is 0.0942. The van der Waals surface area contributed by atoms with Crippen molar-refractivity contribution >= 4 is 27.7 Å². The van der Waals surface area contributed by atoms with Gasteiger partial charge in [-0.15, -0.1) is 0 Å². The summed E-state index contributed by atoms with van der Waals surface area (Å²) in [6.07, 6.45) is 0.980. The summed E-state index contributed by atoms with van der Waals surface area (Å²) >= 11 is 0. The smallest absolute Gasteiger partial charge is 0.242 e. The van der Waals surface area contributed by atoms with Gasteiger partial charge in [-0.05, 0) is 37.7 Å². The molecule has 1 aromatic heterocycles. The quantitative estimate of drug-likeness (QED) is 0.745. The topological polar surface area (TPSA) is 54.3 Å². The molecule has 1 amide bonds. The van der Waals surface area contributed by atoms with Crippen LogP contribution in [0.15, 0.2) is 53.3 Å². The van der Waals surface area contributed by atoms with Gasteiger partial charge in [0.05, 0.1) is 11.0 Å². The third kappa shape index (κ3) is 2.70. The molecule has 1 saturated heterocycles. The van der Waals surface area contributed by atoms with E-state index in [9.17, 15) is 9.59 Å². The molecule has 1 atom stereocenters. The maximum Gasteiger partial charge on any atom is 0.242 e. The zero-order valence-electron chi connectivity index (χ0n) is 14.2. The Labute approximate surface area is 145 Å². The molecular weight excluding hydrogens is 314 g/mol. The molecule has 1 N–H and O–H groups in total. The summed E-state index contributed by atoms with van der Waals surface area (Å²) in [6.45, 7) is 1.77. The number of benzene rings is 2. The Morgan fingerprint density at radius 3 is 2.24 bits per heavy atom. The fraction of sp³-hybridized carbons (Fsp3) is 0.300. The molecule has 5 nitrogen and oxygen atoms in total. The number of nitrogens with one attached hydrogen (secondary N) is 1. The normalized spacial score (nSPS) is 17.5. The van der Waals surface area contributed by atoms with Crippen molar-refractivity contribution in [3.8, 4) is 0 Å². The van der Waals surface area contributed by atoms with Gasteiger partial charge in [0, 0.05) is 29.9 Å². The standard InChI is InChI=1S/C20H21N3O2/c1-21-14-10-11-22(12-14)19(24)13-23-17-8-4-2-6-15(17)20(25)16-7-3-5-9-18(16)23/h2-9,14,21H,10-13H2,1H3/t14-/m1/s1. The van der Waals surface area contributed by atoms with E-state index in [1.54, 1.807) is 0 Å². The predicted molar refractivity (Wildman–Crippen MR) is 99.8 cm³/mol. The molecule has 0 saturated carbocycles. The Kier molecular flexibility index (Phi) is 4.01. The van der Waals surface area contributed by atoms with E-state index in [1.807, 2.05) is 65.0 Å². The number of nitrogens with zero attached hydrogens (tertiary/aromatic N) is 2. The number of pyridine rings is 1. The van der Waals surface area contributed by atoms with E-state index in [-0.39, 0.29) is 17.9 Å². The van der Waals surface area contributed by atoms with Crippen LogP contribution in [-0.4, -0.2) is 41.6 Å².